The van der Waals surface area contributed by atoms with Crippen molar-refractivity contribution in [1.82, 2.24) is 4.90 Å². The van der Waals surface area contributed by atoms with Gasteiger partial charge in [-0.15, -0.1) is 0 Å². The molecule has 1 aliphatic rings. The highest BCUT2D eigenvalue weighted by Crippen LogP contribution is 2.21. The second-order valence-electron chi connectivity index (χ2n) is 5.20. The van der Waals surface area contributed by atoms with Gasteiger partial charge in [0.1, 0.15) is 0 Å². The summed E-state index contributed by atoms with van der Waals surface area (Å²) in [6.45, 7) is 3.99. The average molecular weight is 275 g/mol. The molecule has 1 fully saturated rings. The summed E-state index contributed by atoms with van der Waals surface area (Å²) in [5, 5.41) is 20.1. The minimum Gasteiger partial charge on any atom is -0.466 e. The van der Waals surface area contributed by atoms with Crippen molar-refractivity contribution in [2.75, 3.05) is 40.0 Å². The molecule has 0 aromatic carbocycles. The third kappa shape index (κ3) is 6.33. The van der Waals surface area contributed by atoms with Crippen LogP contribution in [0.1, 0.15) is 26.2 Å². The van der Waals surface area contributed by atoms with Crippen molar-refractivity contribution in [3.8, 4) is 0 Å². The van der Waals surface area contributed by atoms with Crippen LogP contribution in [0.25, 0.3) is 0 Å². The Labute approximate surface area is 114 Å². The molecule has 112 valence electrons. The number of aliphatic hydroxyl groups is 2. The third-order valence-electron chi connectivity index (χ3n) is 3.22. The molecule has 0 saturated carbocycles. The first-order valence-corrected chi connectivity index (χ1v) is 6.77. The van der Waals surface area contributed by atoms with Crippen molar-refractivity contribution in [2.45, 2.75) is 37.9 Å². The minimum atomic E-state index is -0.771. The molecule has 1 saturated heterocycles. The Morgan fingerprint density at radius 3 is 2.68 bits per heavy atom. The third-order valence-corrected chi connectivity index (χ3v) is 3.22. The van der Waals surface area contributed by atoms with Crippen LogP contribution in [0, 0.1) is 0 Å². The van der Waals surface area contributed by atoms with Crippen molar-refractivity contribution in [1.29, 1.82) is 0 Å². The van der Waals surface area contributed by atoms with Crippen LogP contribution in [0.5, 0.6) is 0 Å². The van der Waals surface area contributed by atoms with Gasteiger partial charge in [-0.3, -0.25) is 4.79 Å². The quantitative estimate of drug-likeness (QED) is 0.625. The van der Waals surface area contributed by atoms with E-state index in [1.165, 1.54) is 0 Å². The predicted molar refractivity (Wildman–Crippen MR) is 69.8 cm³/mol. The first-order chi connectivity index (χ1) is 8.95. The molecule has 2 N–H and O–H groups in total. The number of carbonyl (C=O) groups is 1. The summed E-state index contributed by atoms with van der Waals surface area (Å²) < 4.78 is 10.00. The average Bonchev–Trinajstić information content (AvgIpc) is 2.28. The summed E-state index contributed by atoms with van der Waals surface area (Å²) in [6, 6.07) is 0. The van der Waals surface area contributed by atoms with E-state index in [9.17, 15) is 15.0 Å². The number of rotatable bonds is 7. The molecule has 1 rings (SSSR count). The molecule has 6 nitrogen and oxygen atoms in total. The number of likely N-dealkylation sites (N-methyl/N-ethyl adjacent to an activating group) is 1. The second kappa shape index (κ2) is 7.79. The van der Waals surface area contributed by atoms with E-state index in [1.54, 1.807) is 6.92 Å². The minimum absolute atomic E-state index is 0.0142. The van der Waals surface area contributed by atoms with Gasteiger partial charge in [-0.1, -0.05) is 0 Å². The zero-order valence-electron chi connectivity index (χ0n) is 11.8. The highest BCUT2D eigenvalue weighted by molar-refractivity contribution is 5.69. The number of aliphatic hydroxyl groups excluding tert-OH is 1. The van der Waals surface area contributed by atoms with E-state index >= 15 is 0 Å². The lowest BCUT2D eigenvalue weighted by Crippen LogP contribution is -2.47. The Bertz CT molecular complexity index is 278. The van der Waals surface area contributed by atoms with Crippen LogP contribution < -0.4 is 0 Å². The van der Waals surface area contributed by atoms with Gasteiger partial charge in [0, 0.05) is 39.1 Å². The standard InChI is InChI=1S/C13H25NO5/c1-3-19-12(16)8-11(15)9-14(2)10-13(17)4-6-18-7-5-13/h11,15,17H,3-10H2,1-2H3. The van der Waals surface area contributed by atoms with E-state index < -0.39 is 17.7 Å². The first-order valence-electron chi connectivity index (χ1n) is 6.77. The van der Waals surface area contributed by atoms with Crippen LogP contribution in [0.4, 0.5) is 0 Å². The highest BCUT2D eigenvalue weighted by Gasteiger charge is 2.31. The van der Waals surface area contributed by atoms with E-state index in [2.05, 4.69) is 0 Å². The normalized spacial score (nSPS) is 20.3. The number of nitrogens with zero attached hydrogens (tertiary/aromatic N) is 1. The van der Waals surface area contributed by atoms with Crippen LogP contribution in [-0.4, -0.2) is 72.7 Å². The molecule has 0 spiro atoms. The van der Waals surface area contributed by atoms with Gasteiger partial charge in [0.25, 0.3) is 0 Å². The van der Waals surface area contributed by atoms with Crippen molar-refractivity contribution in [3.63, 3.8) is 0 Å². The molecule has 0 aromatic rings. The topological polar surface area (TPSA) is 79.2 Å². The van der Waals surface area contributed by atoms with E-state index in [1.807, 2.05) is 11.9 Å². The maximum Gasteiger partial charge on any atom is 0.308 e. The van der Waals surface area contributed by atoms with Gasteiger partial charge in [-0.2, -0.15) is 0 Å². The molecule has 0 amide bonds. The van der Waals surface area contributed by atoms with Crippen molar-refractivity contribution < 1.29 is 24.5 Å². The molecular weight excluding hydrogens is 250 g/mol. The number of hydrogen-bond donors (Lipinski definition) is 2. The lowest BCUT2D eigenvalue weighted by Gasteiger charge is -2.35. The lowest BCUT2D eigenvalue weighted by molar-refractivity contribution is -0.145. The lowest BCUT2D eigenvalue weighted by atomic mass is 9.94. The zero-order valence-corrected chi connectivity index (χ0v) is 11.8. The molecule has 0 aliphatic carbocycles. The van der Waals surface area contributed by atoms with Crippen LogP contribution in [0.2, 0.25) is 0 Å². The molecule has 0 bridgehead atoms. The van der Waals surface area contributed by atoms with Gasteiger partial charge in [0.05, 0.1) is 24.7 Å². The van der Waals surface area contributed by atoms with Crippen molar-refractivity contribution >= 4 is 5.97 Å². The largest absolute Gasteiger partial charge is 0.466 e. The van der Waals surface area contributed by atoms with E-state index in [0.29, 0.717) is 45.8 Å². The van der Waals surface area contributed by atoms with Gasteiger partial charge >= 0.3 is 5.97 Å². The molecular formula is C13H25NO5. The fourth-order valence-corrected chi connectivity index (χ4v) is 2.31. The Balaban J connectivity index is 2.29. The summed E-state index contributed by atoms with van der Waals surface area (Å²) in [6.07, 6.45) is 0.420. The fraction of sp³-hybridized carbons (Fsp3) is 0.923. The SMILES string of the molecule is CCOC(=O)CC(O)CN(C)CC1(O)CCOCC1. The summed E-state index contributed by atoms with van der Waals surface area (Å²) >= 11 is 0. The number of hydrogen-bond acceptors (Lipinski definition) is 6. The summed E-state index contributed by atoms with van der Waals surface area (Å²) in [4.78, 5) is 13.1. The monoisotopic (exact) mass is 275 g/mol. The summed E-state index contributed by atoms with van der Waals surface area (Å²) in [5.74, 6) is -0.395. The maximum absolute atomic E-state index is 11.2. The van der Waals surface area contributed by atoms with Gasteiger partial charge in [-0.25, -0.2) is 0 Å². The molecule has 1 aliphatic heterocycles. The summed E-state index contributed by atoms with van der Waals surface area (Å²) in [5.41, 5.74) is -0.753. The predicted octanol–water partition coefficient (Wildman–Crippen LogP) is -0.226. The molecule has 6 heteroatoms. The fourth-order valence-electron chi connectivity index (χ4n) is 2.31. The Kier molecular flexibility index (Phi) is 6.71. The smallest absolute Gasteiger partial charge is 0.308 e. The van der Waals surface area contributed by atoms with Gasteiger partial charge in [0.2, 0.25) is 0 Å². The highest BCUT2D eigenvalue weighted by atomic mass is 16.5. The van der Waals surface area contributed by atoms with Gasteiger partial charge in [0.15, 0.2) is 0 Å². The van der Waals surface area contributed by atoms with Crippen LogP contribution in [-0.2, 0) is 14.3 Å². The van der Waals surface area contributed by atoms with E-state index in [4.69, 9.17) is 9.47 Å². The molecule has 1 heterocycles. The Hall–Kier alpha value is -0.690. The molecule has 0 radical (unpaired) electrons. The maximum atomic E-state index is 11.2. The van der Waals surface area contributed by atoms with E-state index in [0.717, 1.165) is 0 Å². The first kappa shape index (κ1) is 16.4. The van der Waals surface area contributed by atoms with Gasteiger partial charge in [-0.05, 0) is 14.0 Å². The molecule has 1 unspecified atom stereocenters. The summed E-state index contributed by atoms with van der Waals surface area (Å²) in [7, 11) is 1.82. The molecule has 19 heavy (non-hydrogen) atoms. The van der Waals surface area contributed by atoms with Crippen LogP contribution in [0.15, 0.2) is 0 Å². The number of ether oxygens (including phenoxy) is 2. The Morgan fingerprint density at radius 2 is 2.11 bits per heavy atom. The number of carbonyl (C=O) groups excluding carboxylic acids is 1. The van der Waals surface area contributed by atoms with Gasteiger partial charge < -0.3 is 24.6 Å². The van der Waals surface area contributed by atoms with Crippen LogP contribution >= 0.6 is 0 Å². The molecule has 0 aromatic heterocycles. The number of esters is 1. The van der Waals surface area contributed by atoms with Crippen LogP contribution in [0.3, 0.4) is 0 Å². The molecule has 1 atom stereocenters. The van der Waals surface area contributed by atoms with Crippen molar-refractivity contribution in [3.05, 3.63) is 0 Å². The van der Waals surface area contributed by atoms with Crippen molar-refractivity contribution in [2.24, 2.45) is 0 Å². The van der Waals surface area contributed by atoms with E-state index in [-0.39, 0.29) is 6.42 Å². The zero-order chi connectivity index (χ0) is 14.3. The Morgan fingerprint density at radius 1 is 1.47 bits per heavy atom. The second-order valence-corrected chi connectivity index (χ2v) is 5.20.